The standard InChI is InChI=1S/C18H21ClN2O3S2/c1-13(15-6-8-17(9-7-15)26(20,23)24)21(2)18(22)12-25-11-14-4-3-5-16(19)10-14/h3-10,13H,11-12H2,1-2H3,(H2,20,23,24)/t13-/m0/s1. The van der Waals surface area contributed by atoms with Crippen molar-refractivity contribution in [2.75, 3.05) is 12.8 Å². The Labute approximate surface area is 163 Å². The SMILES string of the molecule is C[C@@H](c1ccc(S(N)(=O)=O)cc1)N(C)C(=O)CSCc1cccc(Cl)c1. The summed E-state index contributed by atoms with van der Waals surface area (Å²) in [7, 11) is -1.98. The second-order valence-electron chi connectivity index (χ2n) is 5.92. The van der Waals surface area contributed by atoms with E-state index in [9.17, 15) is 13.2 Å². The average molecular weight is 413 g/mol. The molecule has 1 atom stereocenters. The van der Waals surface area contributed by atoms with E-state index in [2.05, 4.69) is 0 Å². The van der Waals surface area contributed by atoms with Gasteiger partial charge in [0.05, 0.1) is 16.7 Å². The molecular weight excluding hydrogens is 392 g/mol. The van der Waals surface area contributed by atoms with Crippen molar-refractivity contribution >= 4 is 39.3 Å². The number of primary sulfonamides is 1. The van der Waals surface area contributed by atoms with E-state index in [1.165, 1.54) is 23.9 Å². The topological polar surface area (TPSA) is 80.5 Å². The predicted molar refractivity (Wildman–Crippen MR) is 107 cm³/mol. The lowest BCUT2D eigenvalue weighted by molar-refractivity contribution is -0.128. The van der Waals surface area contributed by atoms with Crippen LogP contribution in [0.25, 0.3) is 0 Å². The van der Waals surface area contributed by atoms with Gasteiger partial charge >= 0.3 is 0 Å². The van der Waals surface area contributed by atoms with E-state index in [-0.39, 0.29) is 16.8 Å². The molecule has 1 amide bonds. The molecule has 0 fully saturated rings. The van der Waals surface area contributed by atoms with Crippen LogP contribution >= 0.6 is 23.4 Å². The maximum atomic E-state index is 12.4. The van der Waals surface area contributed by atoms with Gasteiger partial charge in [-0.2, -0.15) is 0 Å². The van der Waals surface area contributed by atoms with Crippen LogP contribution in [0, 0.1) is 0 Å². The number of carbonyl (C=O) groups excluding carboxylic acids is 1. The molecule has 0 radical (unpaired) electrons. The highest BCUT2D eigenvalue weighted by molar-refractivity contribution is 7.99. The Morgan fingerprint density at radius 2 is 1.88 bits per heavy atom. The number of carbonyl (C=O) groups is 1. The highest BCUT2D eigenvalue weighted by Crippen LogP contribution is 2.22. The van der Waals surface area contributed by atoms with Gasteiger partial charge in [-0.1, -0.05) is 35.9 Å². The summed E-state index contributed by atoms with van der Waals surface area (Å²) in [6, 6.07) is 13.6. The number of benzene rings is 2. The zero-order valence-electron chi connectivity index (χ0n) is 14.6. The molecule has 0 spiro atoms. The normalized spacial score (nSPS) is 12.6. The molecule has 0 aliphatic rings. The molecule has 0 aliphatic heterocycles. The molecule has 0 saturated heterocycles. The molecule has 26 heavy (non-hydrogen) atoms. The van der Waals surface area contributed by atoms with Crippen LogP contribution in [-0.2, 0) is 20.6 Å². The summed E-state index contributed by atoms with van der Waals surface area (Å²) < 4.78 is 22.6. The largest absolute Gasteiger partial charge is 0.338 e. The third-order valence-electron chi connectivity index (χ3n) is 4.05. The van der Waals surface area contributed by atoms with Gasteiger partial charge in [-0.25, -0.2) is 13.6 Å². The Kier molecular flexibility index (Phi) is 7.11. The van der Waals surface area contributed by atoms with Crippen LogP contribution in [0.2, 0.25) is 5.02 Å². The molecule has 0 bridgehead atoms. The first-order valence-electron chi connectivity index (χ1n) is 7.89. The van der Waals surface area contributed by atoms with Gasteiger partial charge in [0.2, 0.25) is 15.9 Å². The Balaban J connectivity index is 1.92. The van der Waals surface area contributed by atoms with Gasteiger partial charge in [0.15, 0.2) is 0 Å². The van der Waals surface area contributed by atoms with Gasteiger partial charge in [-0.15, -0.1) is 11.8 Å². The maximum absolute atomic E-state index is 12.4. The summed E-state index contributed by atoms with van der Waals surface area (Å²) in [5.41, 5.74) is 1.91. The number of hydrogen-bond acceptors (Lipinski definition) is 4. The number of hydrogen-bond donors (Lipinski definition) is 1. The van der Waals surface area contributed by atoms with Crippen molar-refractivity contribution in [1.82, 2.24) is 4.90 Å². The summed E-state index contributed by atoms with van der Waals surface area (Å²) in [4.78, 5) is 14.1. The summed E-state index contributed by atoms with van der Waals surface area (Å²) in [5, 5.41) is 5.78. The molecule has 0 aliphatic carbocycles. The number of amides is 1. The second-order valence-corrected chi connectivity index (χ2v) is 8.90. The Morgan fingerprint density at radius 3 is 2.46 bits per heavy atom. The van der Waals surface area contributed by atoms with Crippen LogP contribution < -0.4 is 5.14 Å². The summed E-state index contributed by atoms with van der Waals surface area (Å²) in [6.45, 7) is 1.89. The van der Waals surface area contributed by atoms with Crippen LogP contribution in [0.3, 0.4) is 0 Å². The van der Waals surface area contributed by atoms with E-state index in [1.807, 2.05) is 31.2 Å². The number of rotatable bonds is 7. The van der Waals surface area contributed by atoms with Crippen molar-refractivity contribution in [3.8, 4) is 0 Å². The number of thioether (sulfide) groups is 1. The minimum absolute atomic E-state index is 0.0000472. The summed E-state index contributed by atoms with van der Waals surface area (Å²) in [5.74, 6) is 1.06. The van der Waals surface area contributed by atoms with Gasteiger partial charge < -0.3 is 4.90 Å². The third kappa shape index (κ3) is 5.74. The van der Waals surface area contributed by atoms with Crippen molar-refractivity contribution < 1.29 is 13.2 Å². The molecule has 0 saturated carbocycles. The number of sulfonamides is 1. The zero-order valence-corrected chi connectivity index (χ0v) is 16.9. The highest BCUT2D eigenvalue weighted by Gasteiger charge is 2.18. The van der Waals surface area contributed by atoms with Crippen molar-refractivity contribution in [3.05, 3.63) is 64.7 Å². The molecule has 8 heteroatoms. The lowest BCUT2D eigenvalue weighted by Crippen LogP contribution is -2.31. The molecule has 2 aromatic rings. The summed E-state index contributed by atoms with van der Waals surface area (Å²) in [6.07, 6.45) is 0. The zero-order chi connectivity index (χ0) is 19.3. The molecule has 2 aromatic carbocycles. The maximum Gasteiger partial charge on any atom is 0.238 e. The fourth-order valence-corrected chi connectivity index (χ4v) is 3.98. The molecule has 5 nitrogen and oxygen atoms in total. The smallest absolute Gasteiger partial charge is 0.238 e. The number of halogens is 1. The Morgan fingerprint density at radius 1 is 1.23 bits per heavy atom. The van der Waals surface area contributed by atoms with Crippen LogP contribution in [0.4, 0.5) is 0 Å². The quantitative estimate of drug-likeness (QED) is 0.755. The average Bonchev–Trinajstić information content (AvgIpc) is 2.60. The molecular formula is C18H21ClN2O3S2. The first kappa shape index (κ1) is 20.8. The van der Waals surface area contributed by atoms with Crippen molar-refractivity contribution in [3.63, 3.8) is 0 Å². The van der Waals surface area contributed by atoms with Gasteiger partial charge in [0.25, 0.3) is 0 Å². The molecule has 140 valence electrons. The second kappa shape index (κ2) is 8.90. The van der Waals surface area contributed by atoms with Crippen LogP contribution in [-0.4, -0.2) is 32.0 Å². The van der Waals surface area contributed by atoms with E-state index < -0.39 is 10.0 Å². The van der Waals surface area contributed by atoms with Gasteiger partial charge in [-0.3, -0.25) is 4.79 Å². The fraction of sp³-hybridized carbons (Fsp3) is 0.278. The molecule has 0 aromatic heterocycles. The minimum Gasteiger partial charge on any atom is -0.338 e. The van der Waals surface area contributed by atoms with Crippen molar-refractivity contribution in [2.45, 2.75) is 23.6 Å². The lowest BCUT2D eigenvalue weighted by Gasteiger charge is -2.25. The van der Waals surface area contributed by atoms with E-state index in [0.29, 0.717) is 16.5 Å². The van der Waals surface area contributed by atoms with E-state index in [0.717, 1.165) is 11.1 Å². The first-order chi connectivity index (χ1) is 12.2. The third-order valence-corrected chi connectivity index (χ3v) is 6.20. The Hall–Kier alpha value is -1.54. The van der Waals surface area contributed by atoms with Crippen molar-refractivity contribution in [1.29, 1.82) is 0 Å². The molecule has 2 rings (SSSR count). The van der Waals surface area contributed by atoms with E-state index >= 15 is 0 Å². The van der Waals surface area contributed by atoms with Crippen LogP contribution in [0.5, 0.6) is 0 Å². The van der Waals surface area contributed by atoms with Gasteiger partial charge in [0, 0.05) is 17.8 Å². The molecule has 0 heterocycles. The highest BCUT2D eigenvalue weighted by atomic mass is 35.5. The Bertz CT molecular complexity index is 870. The van der Waals surface area contributed by atoms with E-state index in [4.69, 9.17) is 16.7 Å². The molecule has 0 unspecified atom stereocenters. The van der Waals surface area contributed by atoms with Gasteiger partial charge in [-0.05, 0) is 42.3 Å². The fourth-order valence-electron chi connectivity index (χ4n) is 2.36. The van der Waals surface area contributed by atoms with Crippen LogP contribution in [0.1, 0.15) is 24.1 Å². The lowest BCUT2D eigenvalue weighted by atomic mass is 10.1. The monoisotopic (exact) mass is 412 g/mol. The summed E-state index contributed by atoms with van der Waals surface area (Å²) >= 11 is 7.48. The molecule has 2 N–H and O–H groups in total. The number of nitrogens with two attached hydrogens (primary N) is 1. The number of nitrogens with zero attached hydrogens (tertiary/aromatic N) is 1. The van der Waals surface area contributed by atoms with Crippen molar-refractivity contribution in [2.24, 2.45) is 5.14 Å². The van der Waals surface area contributed by atoms with Crippen LogP contribution in [0.15, 0.2) is 53.4 Å². The predicted octanol–water partition coefficient (Wildman–Crippen LogP) is 3.44. The van der Waals surface area contributed by atoms with Gasteiger partial charge in [0.1, 0.15) is 0 Å². The first-order valence-corrected chi connectivity index (χ1v) is 11.0. The van der Waals surface area contributed by atoms with E-state index in [1.54, 1.807) is 24.1 Å². The minimum atomic E-state index is -3.72.